The smallest absolute Gasteiger partial charge is 0.269 e. The van der Waals surface area contributed by atoms with Gasteiger partial charge in [-0.1, -0.05) is 12.1 Å². The summed E-state index contributed by atoms with van der Waals surface area (Å²) in [5.74, 6) is -0.0692. The molecule has 0 atom stereocenters. The van der Waals surface area contributed by atoms with Crippen LogP contribution in [0.25, 0.3) is 0 Å². The maximum atomic E-state index is 11.8. The van der Waals surface area contributed by atoms with Crippen LogP contribution in [-0.4, -0.2) is 20.7 Å². The number of carbonyl (C=O) groups is 1. The van der Waals surface area contributed by atoms with Crippen molar-refractivity contribution in [3.05, 3.63) is 64.2 Å². The van der Waals surface area contributed by atoms with Crippen molar-refractivity contribution in [2.45, 2.75) is 6.42 Å². The normalized spacial score (nSPS) is 10.0. The molecule has 6 nitrogen and oxygen atoms in total. The first-order chi connectivity index (χ1) is 8.66. The minimum atomic E-state index is -0.480. The largest absolute Gasteiger partial charge is 0.290 e. The lowest BCUT2D eigenvalue weighted by Crippen LogP contribution is -2.07. The molecule has 1 aromatic heterocycles. The van der Waals surface area contributed by atoms with E-state index >= 15 is 0 Å². The van der Waals surface area contributed by atoms with Gasteiger partial charge in [0.1, 0.15) is 0 Å². The summed E-state index contributed by atoms with van der Waals surface area (Å²) in [6.07, 6.45) is 3.12. The lowest BCUT2D eigenvalue weighted by atomic mass is 10.1. The molecule has 0 aliphatic rings. The average Bonchev–Trinajstić information content (AvgIpc) is 2.40. The molecule has 0 fully saturated rings. The molecule has 6 heteroatoms. The lowest BCUT2D eigenvalue weighted by molar-refractivity contribution is -0.384. The first-order valence-corrected chi connectivity index (χ1v) is 5.20. The van der Waals surface area contributed by atoms with E-state index in [0.717, 1.165) is 0 Å². The van der Waals surface area contributed by atoms with Gasteiger partial charge in [-0.3, -0.25) is 14.9 Å². The molecular formula is C12H9N3O3. The zero-order valence-corrected chi connectivity index (χ0v) is 9.31. The summed E-state index contributed by atoms with van der Waals surface area (Å²) in [6.45, 7) is 0. The van der Waals surface area contributed by atoms with Gasteiger partial charge < -0.3 is 0 Å². The van der Waals surface area contributed by atoms with Gasteiger partial charge in [0.2, 0.25) is 5.78 Å². The number of benzene rings is 1. The van der Waals surface area contributed by atoms with Gasteiger partial charge in [0.05, 0.1) is 4.92 Å². The predicted molar refractivity (Wildman–Crippen MR) is 63.2 cm³/mol. The van der Waals surface area contributed by atoms with E-state index in [0.29, 0.717) is 5.56 Å². The number of nitro groups is 1. The number of nitro benzene ring substituents is 1. The van der Waals surface area contributed by atoms with Gasteiger partial charge in [-0.15, -0.1) is 0 Å². The quantitative estimate of drug-likeness (QED) is 0.464. The Balaban J connectivity index is 2.10. The van der Waals surface area contributed by atoms with E-state index in [-0.39, 0.29) is 23.7 Å². The fraction of sp³-hybridized carbons (Fsp3) is 0.0833. The number of non-ortho nitro benzene ring substituents is 1. The van der Waals surface area contributed by atoms with E-state index in [2.05, 4.69) is 9.97 Å². The van der Waals surface area contributed by atoms with Crippen LogP contribution in [0.2, 0.25) is 0 Å². The van der Waals surface area contributed by atoms with Crippen molar-refractivity contribution < 1.29 is 9.72 Å². The maximum absolute atomic E-state index is 11.8. The lowest BCUT2D eigenvalue weighted by Gasteiger charge is -1.99. The highest BCUT2D eigenvalue weighted by Gasteiger charge is 2.10. The Kier molecular flexibility index (Phi) is 3.38. The number of carbonyl (C=O) groups excluding carboxylic acids is 1. The summed E-state index contributed by atoms with van der Waals surface area (Å²) in [6, 6.07) is 7.48. The van der Waals surface area contributed by atoms with Crippen LogP contribution in [0.15, 0.2) is 42.7 Å². The molecule has 2 rings (SSSR count). The summed E-state index contributed by atoms with van der Waals surface area (Å²) < 4.78 is 0. The van der Waals surface area contributed by atoms with Crippen molar-refractivity contribution in [3.63, 3.8) is 0 Å². The van der Waals surface area contributed by atoms with Gasteiger partial charge in [-0.25, -0.2) is 9.97 Å². The van der Waals surface area contributed by atoms with E-state index < -0.39 is 4.92 Å². The number of hydrogen-bond acceptors (Lipinski definition) is 5. The summed E-state index contributed by atoms with van der Waals surface area (Å²) in [5.41, 5.74) is 0.695. The van der Waals surface area contributed by atoms with Crippen molar-refractivity contribution in [2.24, 2.45) is 0 Å². The minimum Gasteiger partial charge on any atom is -0.290 e. The third-order valence-electron chi connectivity index (χ3n) is 2.33. The van der Waals surface area contributed by atoms with Crippen LogP contribution in [-0.2, 0) is 6.42 Å². The van der Waals surface area contributed by atoms with Gasteiger partial charge in [0, 0.05) is 30.9 Å². The minimum absolute atomic E-state index is 0.00200. The highest BCUT2D eigenvalue weighted by Crippen LogP contribution is 2.13. The molecule has 0 aliphatic heterocycles. The number of ketones is 1. The summed E-state index contributed by atoms with van der Waals surface area (Å²) in [5, 5.41) is 10.5. The molecule has 0 saturated carbocycles. The van der Waals surface area contributed by atoms with Crippen LogP contribution < -0.4 is 0 Å². The highest BCUT2D eigenvalue weighted by molar-refractivity contribution is 5.93. The van der Waals surface area contributed by atoms with E-state index in [1.54, 1.807) is 18.2 Å². The standard InChI is InChI=1S/C12H9N3O3/c16-11(12-13-6-1-7-14-12)8-9-2-4-10(5-3-9)15(17)18/h1-7H,8H2. The van der Waals surface area contributed by atoms with Crippen LogP contribution in [0.3, 0.4) is 0 Å². The summed E-state index contributed by atoms with van der Waals surface area (Å²) in [7, 11) is 0. The van der Waals surface area contributed by atoms with Crippen molar-refractivity contribution in [2.75, 3.05) is 0 Å². The monoisotopic (exact) mass is 243 g/mol. The SMILES string of the molecule is O=C(Cc1ccc([N+](=O)[O-])cc1)c1ncccn1. The Bertz CT molecular complexity index is 567. The van der Waals surface area contributed by atoms with Crippen LogP contribution in [0, 0.1) is 10.1 Å². The Morgan fingerprint density at radius 3 is 2.33 bits per heavy atom. The zero-order valence-electron chi connectivity index (χ0n) is 9.31. The predicted octanol–water partition coefficient (Wildman–Crippen LogP) is 1.81. The Morgan fingerprint density at radius 1 is 1.17 bits per heavy atom. The third-order valence-corrected chi connectivity index (χ3v) is 2.33. The second-order valence-electron chi connectivity index (χ2n) is 3.60. The molecule has 18 heavy (non-hydrogen) atoms. The second-order valence-corrected chi connectivity index (χ2v) is 3.60. The molecule has 0 radical (unpaired) electrons. The molecule has 0 bridgehead atoms. The molecule has 0 unspecified atom stereocenters. The Labute approximate surface area is 102 Å². The summed E-state index contributed by atoms with van der Waals surface area (Å²) in [4.78, 5) is 29.5. The zero-order chi connectivity index (χ0) is 13.0. The van der Waals surface area contributed by atoms with Crippen LogP contribution in [0.1, 0.15) is 16.2 Å². The molecule has 2 aromatic rings. The molecule has 1 aromatic carbocycles. The van der Waals surface area contributed by atoms with E-state index in [1.165, 1.54) is 24.5 Å². The van der Waals surface area contributed by atoms with Crippen LogP contribution in [0.5, 0.6) is 0 Å². The second kappa shape index (κ2) is 5.13. The van der Waals surface area contributed by atoms with Crippen LogP contribution >= 0.6 is 0 Å². The Morgan fingerprint density at radius 2 is 1.78 bits per heavy atom. The van der Waals surface area contributed by atoms with Crippen molar-refractivity contribution in [3.8, 4) is 0 Å². The molecule has 0 amide bonds. The van der Waals surface area contributed by atoms with Crippen molar-refractivity contribution in [1.82, 2.24) is 9.97 Å². The number of rotatable bonds is 4. The number of nitrogens with zero attached hydrogens (tertiary/aromatic N) is 3. The van der Waals surface area contributed by atoms with Gasteiger partial charge in [-0.2, -0.15) is 0 Å². The maximum Gasteiger partial charge on any atom is 0.269 e. The molecular weight excluding hydrogens is 234 g/mol. The van der Waals surface area contributed by atoms with E-state index in [1.807, 2.05) is 0 Å². The topological polar surface area (TPSA) is 86.0 Å². The van der Waals surface area contributed by atoms with Gasteiger partial charge in [-0.05, 0) is 11.6 Å². The van der Waals surface area contributed by atoms with Gasteiger partial charge >= 0.3 is 0 Å². The summed E-state index contributed by atoms with van der Waals surface area (Å²) >= 11 is 0. The van der Waals surface area contributed by atoms with Gasteiger partial charge in [0.25, 0.3) is 5.69 Å². The van der Waals surface area contributed by atoms with Crippen molar-refractivity contribution >= 4 is 11.5 Å². The highest BCUT2D eigenvalue weighted by atomic mass is 16.6. The molecule has 0 saturated heterocycles. The number of hydrogen-bond donors (Lipinski definition) is 0. The third kappa shape index (κ3) is 2.73. The fourth-order valence-electron chi connectivity index (χ4n) is 1.44. The first-order valence-electron chi connectivity index (χ1n) is 5.20. The molecule has 1 heterocycles. The van der Waals surface area contributed by atoms with E-state index in [9.17, 15) is 14.9 Å². The number of aromatic nitrogens is 2. The molecule has 0 N–H and O–H groups in total. The first kappa shape index (κ1) is 11.8. The van der Waals surface area contributed by atoms with Crippen molar-refractivity contribution in [1.29, 1.82) is 0 Å². The Hall–Kier alpha value is -2.63. The molecule has 0 aliphatic carbocycles. The number of Topliss-reactive ketones (excluding diaryl/α,β-unsaturated/α-hetero) is 1. The van der Waals surface area contributed by atoms with E-state index in [4.69, 9.17) is 0 Å². The molecule has 0 spiro atoms. The van der Waals surface area contributed by atoms with Crippen LogP contribution in [0.4, 0.5) is 5.69 Å². The average molecular weight is 243 g/mol. The van der Waals surface area contributed by atoms with Gasteiger partial charge in [0.15, 0.2) is 5.82 Å². The fourth-order valence-corrected chi connectivity index (χ4v) is 1.44. The molecule has 90 valence electrons.